The molecule has 0 aromatic heterocycles. The van der Waals surface area contributed by atoms with Gasteiger partial charge >= 0.3 is 0 Å². The number of nitrogens with zero attached hydrogens (tertiary/aromatic N) is 2. The number of nitro groups is 1. The first-order chi connectivity index (χ1) is 9.88. The van der Waals surface area contributed by atoms with Gasteiger partial charge in [0.05, 0.1) is 10.5 Å². The Hall–Kier alpha value is -1.96. The van der Waals surface area contributed by atoms with Gasteiger partial charge in [-0.2, -0.15) is 0 Å². The number of nitro benzene ring substituents is 1. The lowest BCUT2D eigenvalue weighted by molar-refractivity contribution is -0.384. The first-order valence-corrected chi connectivity index (χ1v) is 7.18. The number of carbonyl (C=O) groups is 2. The minimum Gasteiger partial charge on any atom is -0.352 e. The van der Waals surface area contributed by atoms with E-state index in [2.05, 4.69) is 21.2 Å². The Labute approximate surface area is 129 Å². The third-order valence-corrected chi connectivity index (χ3v) is 3.97. The largest absolute Gasteiger partial charge is 0.352 e. The number of non-ortho nitro benzene ring substituents is 1. The van der Waals surface area contributed by atoms with Gasteiger partial charge in [0.15, 0.2) is 0 Å². The van der Waals surface area contributed by atoms with Crippen LogP contribution in [0.3, 0.4) is 0 Å². The zero-order valence-electron chi connectivity index (χ0n) is 11.3. The van der Waals surface area contributed by atoms with Crippen LogP contribution in [0.15, 0.2) is 22.7 Å². The highest BCUT2D eigenvalue weighted by molar-refractivity contribution is 9.10. The SMILES string of the molecule is CC(=O)NC1CCN(C(=O)c2cc([N+](=O)[O-])ccc2Br)C1. The number of carbonyl (C=O) groups excluding carboxylic acids is 2. The van der Waals surface area contributed by atoms with E-state index in [-0.39, 0.29) is 29.1 Å². The number of benzene rings is 1. The Bertz CT molecular complexity index is 605. The summed E-state index contributed by atoms with van der Waals surface area (Å²) in [7, 11) is 0. The van der Waals surface area contributed by atoms with Gasteiger partial charge in [0.2, 0.25) is 5.91 Å². The summed E-state index contributed by atoms with van der Waals surface area (Å²) in [6.45, 7) is 2.36. The lowest BCUT2D eigenvalue weighted by Gasteiger charge is -2.17. The van der Waals surface area contributed by atoms with E-state index in [0.717, 1.165) is 0 Å². The van der Waals surface area contributed by atoms with Crippen LogP contribution >= 0.6 is 15.9 Å². The lowest BCUT2D eigenvalue weighted by atomic mass is 10.2. The molecule has 1 heterocycles. The highest BCUT2D eigenvalue weighted by Gasteiger charge is 2.29. The molecule has 2 amide bonds. The van der Waals surface area contributed by atoms with Gasteiger partial charge in [-0.1, -0.05) is 0 Å². The van der Waals surface area contributed by atoms with Crippen molar-refractivity contribution < 1.29 is 14.5 Å². The summed E-state index contributed by atoms with van der Waals surface area (Å²) in [5, 5.41) is 13.6. The van der Waals surface area contributed by atoms with Crippen molar-refractivity contribution in [3.05, 3.63) is 38.3 Å². The fourth-order valence-electron chi connectivity index (χ4n) is 2.31. The summed E-state index contributed by atoms with van der Waals surface area (Å²) in [5.74, 6) is -0.413. The van der Waals surface area contributed by atoms with Crippen LogP contribution < -0.4 is 5.32 Å². The van der Waals surface area contributed by atoms with Crippen LogP contribution in [0, 0.1) is 10.1 Å². The molecule has 1 aliphatic heterocycles. The molecule has 1 aromatic rings. The van der Waals surface area contributed by atoms with E-state index >= 15 is 0 Å². The van der Waals surface area contributed by atoms with Crippen molar-refractivity contribution in [3.8, 4) is 0 Å². The number of rotatable bonds is 3. The van der Waals surface area contributed by atoms with Crippen molar-refractivity contribution in [1.29, 1.82) is 0 Å². The Morgan fingerprint density at radius 3 is 2.81 bits per heavy atom. The third kappa shape index (κ3) is 3.57. The molecule has 0 spiro atoms. The molecule has 8 heteroatoms. The van der Waals surface area contributed by atoms with E-state index in [1.807, 2.05) is 0 Å². The van der Waals surface area contributed by atoms with Crippen molar-refractivity contribution in [2.45, 2.75) is 19.4 Å². The normalized spacial score (nSPS) is 17.6. The van der Waals surface area contributed by atoms with Crippen LogP contribution in [-0.2, 0) is 4.79 Å². The third-order valence-electron chi connectivity index (χ3n) is 3.27. The molecule has 1 fully saturated rings. The number of likely N-dealkylation sites (tertiary alicyclic amines) is 1. The van der Waals surface area contributed by atoms with E-state index in [1.165, 1.54) is 25.1 Å². The average Bonchev–Trinajstić information content (AvgIpc) is 2.85. The van der Waals surface area contributed by atoms with Gasteiger partial charge in [0.1, 0.15) is 0 Å². The molecule has 1 aromatic carbocycles. The Morgan fingerprint density at radius 2 is 2.19 bits per heavy atom. The van der Waals surface area contributed by atoms with Gasteiger partial charge in [-0.25, -0.2) is 0 Å². The van der Waals surface area contributed by atoms with Crippen molar-refractivity contribution in [2.75, 3.05) is 13.1 Å². The van der Waals surface area contributed by atoms with Crippen LogP contribution in [0.4, 0.5) is 5.69 Å². The molecule has 112 valence electrons. The topological polar surface area (TPSA) is 92.6 Å². The molecule has 0 bridgehead atoms. The second kappa shape index (κ2) is 6.21. The lowest BCUT2D eigenvalue weighted by Crippen LogP contribution is -2.37. The molecule has 0 radical (unpaired) electrons. The fraction of sp³-hybridized carbons (Fsp3) is 0.385. The zero-order chi connectivity index (χ0) is 15.6. The maximum atomic E-state index is 12.4. The summed E-state index contributed by atoms with van der Waals surface area (Å²) in [5.41, 5.74) is 0.131. The van der Waals surface area contributed by atoms with Crippen molar-refractivity contribution in [2.24, 2.45) is 0 Å². The minimum atomic E-state index is -0.534. The number of halogens is 1. The van der Waals surface area contributed by atoms with Crippen molar-refractivity contribution >= 4 is 33.4 Å². The molecular formula is C13H14BrN3O4. The summed E-state index contributed by atoms with van der Waals surface area (Å²) in [4.78, 5) is 35.3. The van der Waals surface area contributed by atoms with E-state index in [4.69, 9.17) is 0 Å². The Kier molecular flexibility index (Phi) is 4.56. The standard InChI is InChI=1S/C13H14BrN3O4/c1-8(18)15-9-4-5-16(7-9)13(19)11-6-10(17(20)21)2-3-12(11)14/h2-3,6,9H,4-5,7H2,1H3,(H,15,18). The van der Waals surface area contributed by atoms with Gasteiger partial charge in [0, 0.05) is 42.7 Å². The van der Waals surface area contributed by atoms with E-state index in [1.54, 1.807) is 4.90 Å². The molecule has 7 nitrogen and oxygen atoms in total. The van der Waals surface area contributed by atoms with Crippen LogP contribution in [0.5, 0.6) is 0 Å². The fourth-order valence-corrected chi connectivity index (χ4v) is 2.73. The highest BCUT2D eigenvalue weighted by Crippen LogP contribution is 2.25. The molecular weight excluding hydrogens is 342 g/mol. The van der Waals surface area contributed by atoms with Gasteiger partial charge in [0.25, 0.3) is 11.6 Å². The molecule has 1 unspecified atom stereocenters. The number of hydrogen-bond donors (Lipinski definition) is 1. The van der Waals surface area contributed by atoms with Crippen LogP contribution in [-0.4, -0.2) is 40.8 Å². The monoisotopic (exact) mass is 355 g/mol. The summed E-state index contributed by atoms with van der Waals surface area (Å²) in [6.07, 6.45) is 0.678. The van der Waals surface area contributed by atoms with Gasteiger partial charge in [-0.3, -0.25) is 19.7 Å². The molecule has 1 aliphatic rings. The molecule has 1 N–H and O–H groups in total. The van der Waals surface area contributed by atoms with Gasteiger partial charge < -0.3 is 10.2 Å². The first kappa shape index (κ1) is 15.4. The van der Waals surface area contributed by atoms with Crippen molar-refractivity contribution in [1.82, 2.24) is 10.2 Å². The maximum Gasteiger partial charge on any atom is 0.270 e. The number of amides is 2. The van der Waals surface area contributed by atoms with E-state index < -0.39 is 4.92 Å². The van der Waals surface area contributed by atoms with Crippen LogP contribution in [0.25, 0.3) is 0 Å². The molecule has 1 saturated heterocycles. The molecule has 0 saturated carbocycles. The summed E-state index contributed by atoms with van der Waals surface area (Å²) < 4.78 is 0.515. The Morgan fingerprint density at radius 1 is 1.48 bits per heavy atom. The first-order valence-electron chi connectivity index (χ1n) is 6.39. The smallest absolute Gasteiger partial charge is 0.270 e. The highest BCUT2D eigenvalue weighted by atomic mass is 79.9. The Balaban J connectivity index is 2.15. The van der Waals surface area contributed by atoms with E-state index in [0.29, 0.717) is 24.0 Å². The van der Waals surface area contributed by atoms with Gasteiger partial charge in [-0.05, 0) is 28.4 Å². The molecule has 1 atom stereocenters. The molecule has 0 aliphatic carbocycles. The summed E-state index contributed by atoms with van der Waals surface area (Å²) >= 11 is 3.24. The van der Waals surface area contributed by atoms with E-state index in [9.17, 15) is 19.7 Å². The minimum absolute atomic E-state index is 0.0658. The molecule has 2 rings (SSSR count). The van der Waals surface area contributed by atoms with Gasteiger partial charge in [-0.15, -0.1) is 0 Å². The second-order valence-corrected chi connectivity index (χ2v) is 5.71. The zero-order valence-corrected chi connectivity index (χ0v) is 12.9. The predicted molar refractivity (Wildman–Crippen MR) is 78.9 cm³/mol. The number of nitrogens with one attached hydrogen (secondary N) is 1. The maximum absolute atomic E-state index is 12.4. The number of hydrogen-bond acceptors (Lipinski definition) is 4. The summed E-state index contributed by atoms with van der Waals surface area (Å²) in [6, 6.07) is 4.03. The second-order valence-electron chi connectivity index (χ2n) is 4.86. The quantitative estimate of drug-likeness (QED) is 0.659. The average molecular weight is 356 g/mol. The van der Waals surface area contributed by atoms with Crippen LogP contribution in [0.2, 0.25) is 0 Å². The van der Waals surface area contributed by atoms with Crippen LogP contribution in [0.1, 0.15) is 23.7 Å². The van der Waals surface area contributed by atoms with Crippen molar-refractivity contribution in [3.63, 3.8) is 0 Å². The predicted octanol–water partition coefficient (Wildman–Crippen LogP) is 1.71. The molecule has 21 heavy (non-hydrogen) atoms.